The monoisotopic (exact) mass is 439 g/mol. The zero-order valence-corrected chi connectivity index (χ0v) is 18.9. The summed E-state index contributed by atoms with van der Waals surface area (Å²) in [6.45, 7) is 5.46. The molecule has 0 fully saturated rings. The Morgan fingerprint density at radius 1 is 0.844 bits per heavy atom. The quantitative estimate of drug-likeness (QED) is 0.406. The molecule has 0 heterocycles. The predicted molar refractivity (Wildman–Crippen MR) is 125 cm³/mol. The van der Waals surface area contributed by atoms with Gasteiger partial charge >= 0.3 is 5.97 Å². The minimum absolute atomic E-state index is 0.176. The van der Waals surface area contributed by atoms with Crippen molar-refractivity contribution in [3.8, 4) is 0 Å². The Bertz CT molecular complexity index is 871. The molecule has 7 heteroatoms. The Morgan fingerprint density at radius 3 is 2.00 bits per heavy atom. The average molecular weight is 440 g/mol. The molecule has 3 atom stereocenters. The lowest BCUT2D eigenvalue weighted by atomic mass is 10.0. The van der Waals surface area contributed by atoms with Crippen molar-refractivity contribution in [3.63, 3.8) is 0 Å². The molecule has 0 bridgehead atoms. The van der Waals surface area contributed by atoms with Gasteiger partial charge in [0.1, 0.15) is 12.1 Å². The summed E-state index contributed by atoms with van der Waals surface area (Å²) in [7, 11) is 0. The van der Waals surface area contributed by atoms with E-state index in [4.69, 9.17) is 0 Å². The van der Waals surface area contributed by atoms with Gasteiger partial charge in [-0.2, -0.15) is 0 Å². The highest BCUT2D eigenvalue weighted by molar-refractivity contribution is 5.97. The molecule has 0 radical (unpaired) electrons. The van der Waals surface area contributed by atoms with Crippen molar-refractivity contribution >= 4 is 23.5 Å². The summed E-state index contributed by atoms with van der Waals surface area (Å²) in [4.78, 5) is 37.4. The summed E-state index contributed by atoms with van der Waals surface area (Å²) >= 11 is 0. The Labute approximate surface area is 189 Å². The summed E-state index contributed by atoms with van der Waals surface area (Å²) in [6.07, 6.45) is 1.47. The molecule has 2 aromatic rings. The summed E-state index contributed by atoms with van der Waals surface area (Å²) in [5, 5.41) is 17.9. The number of hydrogen-bond donors (Lipinski definition) is 4. The number of para-hydroxylation sites is 1. The van der Waals surface area contributed by atoms with E-state index in [1.54, 1.807) is 12.1 Å². The number of nitrogens with one attached hydrogen (secondary N) is 3. The van der Waals surface area contributed by atoms with Crippen molar-refractivity contribution in [3.05, 3.63) is 66.2 Å². The molecule has 0 unspecified atom stereocenters. The van der Waals surface area contributed by atoms with Crippen LogP contribution in [0.1, 0.15) is 39.2 Å². The third-order valence-electron chi connectivity index (χ3n) is 5.08. The van der Waals surface area contributed by atoms with Gasteiger partial charge in [-0.3, -0.25) is 19.7 Å². The van der Waals surface area contributed by atoms with Crippen LogP contribution in [-0.2, 0) is 20.8 Å². The highest BCUT2D eigenvalue weighted by atomic mass is 16.4. The van der Waals surface area contributed by atoms with Gasteiger partial charge in [0.2, 0.25) is 11.8 Å². The number of aliphatic carboxylic acids is 1. The number of anilines is 1. The fourth-order valence-electron chi connectivity index (χ4n) is 3.34. The first-order valence-electron chi connectivity index (χ1n) is 10.9. The molecule has 0 aliphatic rings. The van der Waals surface area contributed by atoms with Gasteiger partial charge in [-0.15, -0.1) is 0 Å². The van der Waals surface area contributed by atoms with E-state index in [1.165, 1.54) is 6.92 Å². The third-order valence-corrected chi connectivity index (χ3v) is 5.08. The van der Waals surface area contributed by atoms with Gasteiger partial charge in [0.15, 0.2) is 0 Å². The maximum Gasteiger partial charge on any atom is 0.320 e. The summed E-state index contributed by atoms with van der Waals surface area (Å²) < 4.78 is 0. The second-order valence-electron chi connectivity index (χ2n) is 8.35. The van der Waals surface area contributed by atoms with Crippen LogP contribution in [0.3, 0.4) is 0 Å². The zero-order chi connectivity index (χ0) is 23.5. The average Bonchev–Trinajstić information content (AvgIpc) is 2.76. The second kappa shape index (κ2) is 12.6. The molecule has 7 nitrogen and oxygen atoms in total. The number of amides is 2. The van der Waals surface area contributed by atoms with Gasteiger partial charge in [0.25, 0.3) is 0 Å². The van der Waals surface area contributed by atoms with Gasteiger partial charge in [0.05, 0.1) is 6.04 Å². The minimum atomic E-state index is -1.04. The van der Waals surface area contributed by atoms with Crippen LogP contribution in [0, 0.1) is 5.92 Å². The molecular formula is C25H33N3O4. The van der Waals surface area contributed by atoms with Crippen LogP contribution < -0.4 is 16.0 Å². The van der Waals surface area contributed by atoms with Crippen LogP contribution in [0.2, 0.25) is 0 Å². The molecule has 0 saturated heterocycles. The lowest BCUT2D eigenvalue weighted by Crippen LogP contribution is -2.54. The first kappa shape index (κ1) is 25.1. The molecular weight excluding hydrogens is 406 g/mol. The van der Waals surface area contributed by atoms with Crippen molar-refractivity contribution in [2.75, 3.05) is 5.32 Å². The summed E-state index contributed by atoms with van der Waals surface area (Å²) in [5.74, 6) is -1.55. The molecule has 0 aliphatic heterocycles. The van der Waals surface area contributed by atoms with Crippen molar-refractivity contribution in [1.29, 1.82) is 0 Å². The molecule has 2 rings (SSSR count). The van der Waals surface area contributed by atoms with E-state index in [2.05, 4.69) is 16.0 Å². The van der Waals surface area contributed by atoms with E-state index in [9.17, 15) is 19.5 Å². The predicted octanol–water partition coefficient (Wildman–Crippen LogP) is 3.22. The van der Waals surface area contributed by atoms with Gasteiger partial charge < -0.3 is 15.7 Å². The fourth-order valence-corrected chi connectivity index (χ4v) is 3.34. The third kappa shape index (κ3) is 8.51. The summed E-state index contributed by atoms with van der Waals surface area (Å²) in [5.41, 5.74) is 1.70. The number of hydrogen-bond acceptors (Lipinski definition) is 4. The van der Waals surface area contributed by atoms with Gasteiger partial charge in [-0.05, 0) is 49.8 Å². The topological polar surface area (TPSA) is 108 Å². The lowest BCUT2D eigenvalue weighted by Gasteiger charge is -2.25. The largest absolute Gasteiger partial charge is 0.480 e. The normalized spacial score (nSPS) is 13.8. The number of carboxylic acids is 1. The Kier molecular flexibility index (Phi) is 9.88. The Balaban J connectivity index is 2.11. The molecule has 0 spiro atoms. The number of benzene rings is 2. The van der Waals surface area contributed by atoms with E-state index in [0.29, 0.717) is 24.9 Å². The number of carbonyl (C=O) groups is 3. The fraction of sp³-hybridized carbons (Fsp3) is 0.400. The number of carboxylic acid groups (broad SMARTS) is 1. The molecule has 2 amide bonds. The van der Waals surface area contributed by atoms with Crippen LogP contribution in [0.4, 0.5) is 5.69 Å². The van der Waals surface area contributed by atoms with E-state index in [1.807, 2.05) is 62.4 Å². The first-order chi connectivity index (χ1) is 15.3. The van der Waals surface area contributed by atoms with E-state index >= 15 is 0 Å². The second-order valence-corrected chi connectivity index (χ2v) is 8.35. The molecule has 32 heavy (non-hydrogen) atoms. The summed E-state index contributed by atoms with van der Waals surface area (Å²) in [6, 6.07) is 16.4. The van der Waals surface area contributed by atoms with Crippen LogP contribution in [-0.4, -0.2) is 41.0 Å². The maximum atomic E-state index is 13.1. The van der Waals surface area contributed by atoms with E-state index in [-0.39, 0.29) is 17.7 Å². The van der Waals surface area contributed by atoms with Crippen LogP contribution in [0.15, 0.2) is 60.7 Å². The van der Waals surface area contributed by atoms with Crippen LogP contribution in [0.25, 0.3) is 0 Å². The maximum absolute atomic E-state index is 13.1. The van der Waals surface area contributed by atoms with Crippen molar-refractivity contribution in [2.45, 2.75) is 58.2 Å². The smallest absolute Gasteiger partial charge is 0.320 e. The highest BCUT2D eigenvalue weighted by Gasteiger charge is 2.28. The molecule has 4 N–H and O–H groups in total. The lowest BCUT2D eigenvalue weighted by molar-refractivity contribution is -0.139. The number of carbonyl (C=O) groups excluding carboxylic acids is 2. The van der Waals surface area contributed by atoms with Crippen molar-refractivity contribution in [1.82, 2.24) is 10.6 Å². The standard InChI is InChI=1S/C25H33N3O4/c1-17(2)16-22(24(30)27-20-12-8-5-9-13-20)28-23(29)21(26-18(3)25(31)32)15-14-19-10-6-4-7-11-19/h4-13,17-18,21-22,26H,14-16H2,1-3H3,(H,27,30)(H,28,29)(H,31,32)/t18-,21+,22+/m1/s1. The number of aryl methyl sites for hydroxylation is 1. The van der Waals surface area contributed by atoms with Gasteiger partial charge in [-0.25, -0.2) is 0 Å². The van der Waals surface area contributed by atoms with Crippen LogP contribution >= 0.6 is 0 Å². The molecule has 2 aromatic carbocycles. The minimum Gasteiger partial charge on any atom is -0.480 e. The number of rotatable bonds is 12. The van der Waals surface area contributed by atoms with E-state index < -0.39 is 24.1 Å². The van der Waals surface area contributed by atoms with Crippen LogP contribution in [0.5, 0.6) is 0 Å². The molecule has 0 aliphatic carbocycles. The molecule has 0 saturated carbocycles. The van der Waals surface area contributed by atoms with Gasteiger partial charge in [0, 0.05) is 5.69 Å². The van der Waals surface area contributed by atoms with Gasteiger partial charge in [-0.1, -0.05) is 62.4 Å². The molecule has 0 aromatic heterocycles. The first-order valence-corrected chi connectivity index (χ1v) is 10.9. The van der Waals surface area contributed by atoms with Crippen molar-refractivity contribution < 1.29 is 19.5 Å². The van der Waals surface area contributed by atoms with Crippen molar-refractivity contribution in [2.24, 2.45) is 5.92 Å². The highest BCUT2D eigenvalue weighted by Crippen LogP contribution is 2.12. The van der Waals surface area contributed by atoms with E-state index in [0.717, 1.165) is 5.56 Å². The zero-order valence-electron chi connectivity index (χ0n) is 18.9. The Morgan fingerprint density at radius 2 is 1.44 bits per heavy atom. The SMILES string of the molecule is CC(C)C[C@H](NC(=O)[C@H](CCc1ccccc1)N[C@H](C)C(=O)O)C(=O)Nc1ccccc1. The molecule has 172 valence electrons. The Hall–Kier alpha value is -3.19.